The normalized spacial score (nSPS) is 10.5. The average molecular weight is 182 g/mol. The largest absolute Gasteiger partial charge is 0.383 e. The van der Waals surface area contributed by atoms with Crippen LogP contribution < -0.4 is 0 Å². The van der Waals surface area contributed by atoms with Crippen LogP contribution >= 0.6 is 11.3 Å². The zero-order valence-corrected chi connectivity index (χ0v) is 7.84. The number of aromatic nitrogens is 1. The lowest BCUT2D eigenvalue weighted by atomic mass is 10.3. The summed E-state index contributed by atoms with van der Waals surface area (Å²) < 4.78 is 0. The molecule has 1 aromatic rings. The van der Waals surface area contributed by atoms with Gasteiger partial charge in [0, 0.05) is 31.8 Å². The summed E-state index contributed by atoms with van der Waals surface area (Å²) in [5, 5.41) is 1.74. The van der Waals surface area contributed by atoms with Gasteiger partial charge in [-0.2, -0.15) is 0 Å². The maximum Gasteiger partial charge on any atom is 0.206 e. The molecule has 0 N–H and O–H groups in total. The van der Waals surface area contributed by atoms with Crippen molar-refractivity contribution >= 4 is 17.1 Å². The number of rotatable bonds is 3. The zero-order valence-electron chi connectivity index (χ0n) is 7.02. The second-order valence-corrected chi connectivity index (χ2v) is 3.24. The molecule has 0 aromatic carbocycles. The van der Waals surface area contributed by atoms with Gasteiger partial charge in [-0.3, -0.25) is 4.79 Å². The molecule has 0 aliphatic rings. The molecule has 0 aliphatic heterocycles. The summed E-state index contributed by atoms with van der Waals surface area (Å²) in [4.78, 5) is 16.9. The zero-order chi connectivity index (χ0) is 8.97. The third-order valence-electron chi connectivity index (χ3n) is 1.21. The smallest absolute Gasteiger partial charge is 0.206 e. The van der Waals surface area contributed by atoms with Crippen molar-refractivity contribution in [1.29, 1.82) is 0 Å². The van der Waals surface area contributed by atoms with E-state index < -0.39 is 0 Å². The predicted octanol–water partition coefficient (Wildman–Crippen LogP) is 1.40. The molecule has 0 fully saturated rings. The van der Waals surface area contributed by atoms with Crippen LogP contribution in [0.4, 0.5) is 0 Å². The second kappa shape index (κ2) is 4.01. The Morgan fingerprint density at radius 1 is 1.67 bits per heavy atom. The first-order valence-electron chi connectivity index (χ1n) is 3.47. The lowest BCUT2D eigenvalue weighted by Gasteiger charge is -2.01. The molecule has 1 aromatic heterocycles. The molecule has 12 heavy (non-hydrogen) atoms. The molecule has 0 atom stereocenters. The summed E-state index contributed by atoms with van der Waals surface area (Å²) in [7, 11) is 3.73. The fraction of sp³-hybridized carbons (Fsp3) is 0.250. The SMILES string of the molecule is CN(C)/C=C/C(=O)c1cscn1. The minimum absolute atomic E-state index is 0.0510. The van der Waals surface area contributed by atoms with E-state index in [1.54, 1.807) is 17.1 Å². The van der Waals surface area contributed by atoms with Crippen molar-refractivity contribution in [2.45, 2.75) is 0 Å². The Labute approximate surface area is 75.3 Å². The van der Waals surface area contributed by atoms with E-state index >= 15 is 0 Å². The molecule has 64 valence electrons. The number of thiazole rings is 1. The fourth-order valence-electron chi connectivity index (χ4n) is 0.636. The number of carbonyl (C=O) groups is 1. The molecule has 0 amide bonds. The van der Waals surface area contributed by atoms with Gasteiger partial charge in [-0.05, 0) is 0 Å². The van der Waals surface area contributed by atoms with Crippen LogP contribution in [-0.2, 0) is 0 Å². The van der Waals surface area contributed by atoms with E-state index in [1.165, 1.54) is 17.4 Å². The maximum atomic E-state index is 11.2. The third-order valence-corrected chi connectivity index (χ3v) is 1.80. The number of allylic oxidation sites excluding steroid dienone is 1. The summed E-state index contributed by atoms with van der Waals surface area (Å²) in [6.07, 6.45) is 3.22. The molecular formula is C8H10N2OS. The van der Waals surface area contributed by atoms with E-state index in [0.29, 0.717) is 5.69 Å². The topological polar surface area (TPSA) is 33.2 Å². The summed E-state index contributed by atoms with van der Waals surface area (Å²) in [6.45, 7) is 0. The van der Waals surface area contributed by atoms with Crippen LogP contribution in [0.3, 0.4) is 0 Å². The number of nitrogens with zero attached hydrogens (tertiary/aromatic N) is 2. The molecule has 0 saturated carbocycles. The minimum atomic E-state index is -0.0510. The molecule has 0 spiro atoms. The molecule has 0 saturated heterocycles. The third kappa shape index (κ3) is 2.47. The van der Waals surface area contributed by atoms with E-state index in [0.717, 1.165) is 0 Å². The van der Waals surface area contributed by atoms with Crippen molar-refractivity contribution in [3.05, 3.63) is 28.9 Å². The van der Waals surface area contributed by atoms with Crippen molar-refractivity contribution in [1.82, 2.24) is 9.88 Å². The summed E-state index contributed by atoms with van der Waals surface area (Å²) in [6, 6.07) is 0. The van der Waals surface area contributed by atoms with Crippen molar-refractivity contribution in [3.8, 4) is 0 Å². The van der Waals surface area contributed by atoms with Gasteiger partial charge in [0.2, 0.25) is 5.78 Å². The summed E-state index contributed by atoms with van der Waals surface area (Å²) in [5.41, 5.74) is 2.16. The van der Waals surface area contributed by atoms with Crippen molar-refractivity contribution in [2.24, 2.45) is 0 Å². The fourth-order valence-corrected chi connectivity index (χ4v) is 1.18. The lowest BCUT2D eigenvalue weighted by Crippen LogP contribution is -2.03. The van der Waals surface area contributed by atoms with Crippen molar-refractivity contribution in [2.75, 3.05) is 14.1 Å². The highest BCUT2D eigenvalue weighted by molar-refractivity contribution is 7.07. The van der Waals surface area contributed by atoms with Gasteiger partial charge < -0.3 is 4.90 Å². The van der Waals surface area contributed by atoms with E-state index in [9.17, 15) is 4.79 Å². The van der Waals surface area contributed by atoms with E-state index in [4.69, 9.17) is 0 Å². The highest BCUT2D eigenvalue weighted by atomic mass is 32.1. The minimum Gasteiger partial charge on any atom is -0.383 e. The second-order valence-electron chi connectivity index (χ2n) is 2.52. The Morgan fingerprint density at radius 2 is 2.42 bits per heavy atom. The molecule has 0 unspecified atom stereocenters. The van der Waals surface area contributed by atoms with Gasteiger partial charge in [0.05, 0.1) is 5.51 Å². The van der Waals surface area contributed by atoms with Gasteiger partial charge in [0.25, 0.3) is 0 Å². The van der Waals surface area contributed by atoms with E-state index in [-0.39, 0.29) is 5.78 Å². The number of hydrogen-bond acceptors (Lipinski definition) is 4. The van der Waals surface area contributed by atoms with E-state index in [2.05, 4.69) is 4.98 Å². The molecule has 3 nitrogen and oxygen atoms in total. The molecular weight excluding hydrogens is 172 g/mol. The molecule has 4 heteroatoms. The predicted molar refractivity (Wildman–Crippen MR) is 49.3 cm³/mol. The van der Waals surface area contributed by atoms with Crippen LogP contribution in [0, 0.1) is 0 Å². The standard InChI is InChI=1S/C8H10N2OS/c1-10(2)4-3-8(11)7-5-12-6-9-7/h3-6H,1-2H3/b4-3+. The van der Waals surface area contributed by atoms with E-state index in [1.807, 2.05) is 19.0 Å². The quantitative estimate of drug-likeness (QED) is 0.523. The van der Waals surface area contributed by atoms with Crippen LogP contribution in [0.15, 0.2) is 23.2 Å². The van der Waals surface area contributed by atoms with Crippen LogP contribution in [-0.4, -0.2) is 29.8 Å². The van der Waals surface area contributed by atoms with Gasteiger partial charge in [-0.25, -0.2) is 4.98 Å². The highest BCUT2D eigenvalue weighted by Crippen LogP contribution is 2.02. The number of hydrogen-bond donors (Lipinski definition) is 0. The Kier molecular flexibility index (Phi) is 2.99. The van der Waals surface area contributed by atoms with Crippen LogP contribution in [0.2, 0.25) is 0 Å². The number of carbonyl (C=O) groups excluding carboxylic acids is 1. The lowest BCUT2D eigenvalue weighted by molar-refractivity contribution is 0.104. The first-order chi connectivity index (χ1) is 5.70. The van der Waals surface area contributed by atoms with Crippen LogP contribution in [0.1, 0.15) is 10.5 Å². The first kappa shape index (κ1) is 8.93. The summed E-state index contributed by atoms with van der Waals surface area (Å²) >= 11 is 1.42. The first-order valence-corrected chi connectivity index (χ1v) is 4.41. The summed E-state index contributed by atoms with van der Waals surface area (Å²) in [5.74, 6) is -0.0510. The van der Waals surface area contributed by atoms with Gasteiger partial charge in [-0.1, -0.05) is 0 Å². The van der Waals surface area contributed by atoms with Crippen LogP contribution in [0.5, 0.6) is 0 Å². The molecule has 0 bridgehead atoms. The van der Waals surface area contributed by atoms with Gasteiger partial charge in [-0.15, -0.1) is 11.3 Å². The highest BCUT2D eigenvalue weighted by Gasteiger charge is 2.01. The number of ketones is 1. The Balaban J connectivity index is 2.62. The Hall–Kier alpha value is -1.16. The van der Waals surface area contributed by atoms with Gasteiger partial charge >= 0.3 is 0 Å². The molecule has 1 rings (SSSR count). The van der Waals surface area contributed by atoms with Gasteiger partial charge in [0.1, 0.15) is 5.69 Å². The molecule has 1 heterocycles. The van der Waals surface area contributed by atoms with Gasteiger partial charge in [0.15, 0.2) is 0 Å². The average Bonchev–Trinajstić information content (AvgIpc) is 2.51. The van der Waals surface area contributed by atoms with Crippen molar-refractivity contribution < 1.29 is 4.79 Å². The maximum absolute atomic E-state index is 11.2. The Morgan fingerprint density at radius 3 is 2.92 bits per heavy atom. The Bertz CT molecular complexity index is 277. The molecule has 0 radical (unpaired) electrons. The van der Waals surface area contributed by atoms with Crippen molar-refractivity contribution in [3.63, 3.8) is 0 Å². The monoisotopic (exact) mass is 182 g/mol. The molecule has 0 aliphatic carbocycles. The van der Waals surface area contributed by atoms with Crippen LogP contribution in [0.25, 0.3) is 0 Å².